The van der Waals surface area contributed by atoms with Crippen LogP contribution in [0, 0.1) is 20.8 Å². The molecule has 4 aromatic rings. The third kappa shape index (κ3) is 4.87. The Hall–Kier alpha value is -3.09. The SMILES string of the molecule is Cc1ccc(-c2nnc(SCC(=O)Nc3c(C)cccc3C)n2-c2ccc(Cl)cc2)cc1. The van der Waals surface area contributed by atoms with Gasteiger partial charge in [-0.15, -0.1) is 10.2 Å². The van der Waals surface area contributed by atoms with Gasteiger partial charge >= 0.3 is 0 Å². The molecule has 1 aromatic heterocycles. The van der Waals surface area contributed by atoms with E-state index < -0.39 is 0 Å². The molecule has 3 aromatic carbocycles. The predicted octanol–water partition coefficient (Wildman–Crippen LogP) is 6.24. The second kappa shape index (κ2) is 9.59. The second-order valence-corrected chi connectivity index (χ2v) is 8.97. The normalized spacial score (nSPS) is 10.9. The van der Waals surface area contributed by atoms with E-state index in [9.17, 15) is 4.79 Å². The van der Waals surface area contributed by atoms with E-state index in [1.807, 2.05) is 92.1 Å². The van der Waals surface area contributed by atoms with Gasteiger partial charge in [-0.2, -0.15) is 0 Å². The number of halogens is 1. The summed E-state index contributed by atoms with van der Waals surface area (Å²) >= 11 is 7.44. The zero-order valence-electron chi connectivity index (χ0n) is 18.1. The van der Waals surface area contributed by atoms with Gasteiger partial charge in [0.2, 0.25) is 5.91 Å². The van der Waals surface area contributed by atoms with Gasteiger partial charge in [0.15, 0.2) is 11.0 Å². The van der Waals surface area contributed by atoms with Crippen LogP contribution in [0.4, 0.5) is 5.69 Å². The number of carbonyl (C=O) groups excluding carboxylic acids is 1. The molecule has 1 N–H and O–H groups in total. The van der Waals surface area contributed by atoms with E-state index in [-0.39, 0.29) is 11.7 Å². The summed E-state index contributed by atoms with van der Waals surface area (Å²) in [6.45, 7) is 6.02. The van der Waals surface area contributed by atoms with Gasteiger partial charge in [0.25, 0.3) is 0 Å². The van der Waals surface area contributed by atoms with Gasteiger partial charge in [-0.05, 0) is 56.2 Å². The molecular formula is C25H23ClN4OS. The minimum atomic E-state index is -0.0880. The van der Waals surface area contributed by atoms with Crippen LogP contribution in [0.3, 0.4) is 0 Å². The quantitative estimate of drug-likeness (QED) is 0.344. The Morgan fingerprint density at radius 2 is 1.59 bits per heavy atom. The molecule has 1 heterocycles. The van der Waals surface area contributed by atoms with Crippen molar-refractivity contribution in [2.45, 2.75) is 25.9 Å². The summed E-state index contributed by atoms with van der Waals surface area (Å²) in [6.07, 6.45) is 0. The van der Waals surface area contributed by atoms with Gasteiger partial charge in [-0.25, -0.2) is 0 Å². The molecule has 5 nitrogen and oxygen atoms in total. The Kier molecular flexibility index (Phi) is 6.63. The number of nitrogens with one attached hydrogen (secondary N) is 1. The van der Waals surface area contributed by atoms with Crippen molar-refractivity contribution in [1.29, 1.82) is 0 Å². The summed E-state index contributed by atoms with van der Waals surface area (Å²) < 4.78 is 1.96. The van der Waals surface area contributed by atoms with E-state index in [1.165, 1.54) is 17.3 Å². The standard InChI is InChI=1S/C25H23ClN4OS/c1-16-7-9-19(10-8-16)24-28-29-25(30(24)21-13-11-20(26)12-14-21)32-15-22(31)27-23-17(2)5-4-6-18(23)3/h4-14H,15H2,1-3H3,(H,27,31). The van der Waals surface area contributed by atoms with Crippen LogP contribution >= 0.6 is 23.4 Å². The first-order valence-corrected chi connectivity index (χ1v) is 11.6. The number of anilines is 1. The molecule has 0 saturated carbocycles. The molecule has 162 valence electrons. The molecule has 0 bridgehead atoms. The molecule has 0 spiro atoms. The maximum atomic E-state index is 12.7. The molecule has 0 fully saturated rings. The monoisotopic (exact) mass is 462 g/mol. The lowest BCUT2D eigenvalue weighted by Gasteiger charge is -2.12. The van der Waals surface area contributed by atoms with Crippen LogP contribution in [0.5, 0.6) is 0 Å². The number of para-hydroxylation sites is 1. The zero-order valence-corrected chi connectivity index (χ0v) is 19.7. The van der Waals surface area contributed by atoms with Crippen LogP contribution in [0.15, 0.2) is 71.9 Å². The summed E-state index contributed by atoms with van der Waals surface area (Å²) in [5, 5.41) is 13.1. The van der Waals surface area contributed by atoms with Gasteiger partial charge in [0, 0.05) is 22.0 Å². The largest absolute Gasteiger partial charge is 0.325 e. The Morgan fingerprint density at radius 1 is 0.938 bits per heavy atom. The summed E-state index contributed by atoms with van der Waals surface area (Å²) in [7, 11) is 0. The maximum Gasteiger partial charge on any atom is 0.234 e. The van der Waals surface area contributed by atoms with Crippen LogP contribution in [-0.2, 0) is 4.79 Å². The number of thioether (sulfide) groups is 1. The van der Waals surface area contributed by atoms with Gasteiger partial charge < -0.3 is 5.32 Å². The zero-order chi connectivity index (χ0) is 22.7. The molecule has 7 heteroatoms. The van der Waals surface area contributed by atoms with Crippen LogP contribution in [0.2, 0.25) is 5.02 Å². The summed E-state index contributed by atoms with van der Waals surface area (Å²) in [6, 6.07) is 21.6. The van der Waals surface area contributed by atoms with Crippen molar-refractivity contribution in [3.63, 3.8) is 0 Å². The van der Waals surface area contributed by atoms with Gasteiger partial charge in [0.05, 0.1) is 5.75 Å². The molecule has 4 rings (SSSR count). The number of hydrogen-bond donors (Lipinski definition) is 1. The van der Waals surface area contributed by atoms with Crippen LogP contribution < -0.4 is 5.32 Å². The molecular weight excluding hydrogens is 440 g/mol. The Balaban J connectivity index is 1.61. The highest BCUT2D eigenvalue weighted by Gasteiger charge is 2.18. The van der Waals surface area contributed by atoms with E-state index in [0.717, 1.165) is 28.1 Å². The molecule has 0 aliphatic rings. The van der Waals surface area contributed by atoms with E-state index in [4.69, 9.17) is 11.6 Å². The summed E-state index contributed by atoms with van der Waals surface area (Å²) in [4.78, 5) is 12.7. The molecule has 32 heavy (non-hydrogen) atoms. The first-order valence-electron chi connectivity index (χ1n) is 10.2. The molecule has 0 saturated heterocycles. The molecule has 0 unspecified atom stereocenters. The highest BCUT2D eigenvalue weighted by molar-refractivity contribution is 7.99. The number of rotatable bonds is 6. The number of carbonyl (C=O) groups is 1. The maximum absolute atomic E-state index is 12.7. The fraction of sp³-hybridized carbons (Fsp3) is 0.160. The number of amides is 1. The fourth-order valence-electron chi connectivity index (χ4n) is 3.39. The van der Waals surface area contributed by atoms with Crippen LogP contribution in [0.25, 0.3) is 17.1 Å². The molecule has 1 amide bonds. The van der Waals surface area contributed by atoms with Gasteiger partial charge in [-0.1, -0.05) is 71.4 Å². The van der Waals surface area contributed by atoms with Crippen molar-refractivity contribution in [3.8, 4) is 17.1 Å². The lowest BCUT2D eigenvalue weighted by molar-refractivity contribution is -0.113. The minimum absolute atomic E-state index is 0.0880. The lowest BCUT2D eigenvalue weighted by Crippen LogP contribution is -2.16. The Labute approximate surface area is 196 Å². The number of benzene rings is 3. The molecule has 0 aliphatic heterocycles. The average Bonchev–Trinajstić information content (AvgIpc) is 3.20. The van der Waals surface area contributed by atoms with Crippen molar-refractivity contribution >= 4 is 35.0 Å². The minimum Gasteiger partial charge on any atom is -0.325 e. The van der Waals surface area contributed by atoms with E-state index in [1.54, 1.807) is 0 Å². The topological polar surface area (TPSA) is 59.8 Å². The lowest BCUT2D eigenvalue weighted by atomic mass is 10.1. The first-order chi connectivity index (χ1) is 15.4. The Morgan fingerprint density at radius 3 is 2.25 bits per heavy atom. The smallest absolute Gasteiger partial charge is 0.234 e. The molecule has 0 aliphatic carbocycles. The fourth-order valence-corrected chi connectivity index (χ4v) is 4.27. The predicted molar refractivity (Wildman–Crippen MR) is 132 cm³/mol. The van der Waals surface area contributed by atoms with Crippen LogP contribution in [-0.4, -0.2) is 26.4 Å². The number of aryl methyl sites for hydroxylation is 3. The molecule has 0 radical (unpaired) electrons. The summed E-state index contributed by atoms with van der Waals surface area (Å²) in [5.74, 6) is 0.841. The summed E-state index contributed by atoms with van der Waals surface area (Å²) in [5.41, 5.74) is 5.93. The highest BCUT2D eigenvalue weighted by Crippen LogP contribution is 2.29. The molecule has 0 atom stereocenters. The third-order valence-corrected chi connectivity index (χ3v) is 6.29. The van der Waals surface area contributed by atoms with Gasteiger partial charge in [-0.3, -0.25) is 9.36 Å². The second-order valence-electron chi connectivity index (χ2n) is 7.59. The van der Waals surface area contributed by atoms with Crippen molar-refractivity contribution in [1.82, 2.24) is 14.8 Å². The van der Waals surface area contributed by atoms with E-state index in [0.29, 0.717) is 16.0 Å². The first kappa shape index (κ1) is 22.1. The number of aromatic nitrogens is 3. The van der Waals surface area contributed by atoms with Crippen LogP contribution in [0.1, 0.15) is 16.7 Å². The van der Waals surface area contributed by atoms with E-state index in [2.05, 4.69) is 15.5 Å². The Bertz CT molecular complexity index is 1230. The van der Waals surface area contributed by atoms with Crippen molar-refractivity contribution < 1.29 is 4.79 Å². The number of hydrogen-bond acceptors (Lipinski definition) is 4. The van der Waals surface area contributed by atoms with Crippen molar-refractivity contribution in [3.05, 3.63) is 88.4 Å². The van der Waals surface area contributed by atoms with Crippen molar-refractivity contribution in [2.75, 3.05) is 11.1 Å². The average molecular weight is 463 g/mol. The van der Waals surface area contributed by atoms with Crippen molar-refractivity contribution in [2.24, 2.45) is 0 Å². The van der Waals surface area contributed by atoms with E-state index >= 15 is 0 Å². The third-order valence-electron chi connectivity index (χ3n) is 5.11. The number of nitrogens with zero attached hydrogens (tertiary/aromatic N) is 3. The van der Waals surface area contributed by atoms with Gasteiger partial charge in [0.1, 0.15) is 0 Å². The highest BCUT2D eigenvalue weighted by atomic mass is 35.5.